The van der Waals surface area contributed by atoms with Gasteiger partial charge in [0.25, 0.3) is 0 Å². The summed E-state index contributed by atoms with van der Waals surface area (Å²) < 4.78 is 31.4. The largest absolute Gasteiger partial charge is 0.371 e. The van der Waals surface area contributed by atoms with E-state index in [2.05, 4.69) is 15.3 Å². The predicted octanol–water partition coefficient (Wildman–Crippen LogP) is 0.472. The van der Waals surface area contributed by atoms with Crippen molar-refractivity contribution in [3.63, 3.8) is 0 Å². The summed E-state index contributed by atoms with van der Waals surface area (Å²) >= 11 is 0. The molecule has 1 aromatic rings. The molecule has 116 valence electrons. The minimum atomic E-state index is -3.13. The lowest BCUT2D eigenvalue weighted by atomic mass is 9.97. The van der Waals surface area contributed by atoms with Crippen molar-refractivity contribution in [3.8, 4) is 0 Å². The maximum absolute atomic E-state index is 11.9. The van der Waals surface area contributed by atoms with Crippen molar-refractivity contribution in [1.29, 1.82) is 0 Å². The Kier molecular flexibility index (Phi) is 3.85. The van der Waals surface area contributed by atoms with Gasteiger partial charge in [0.2, 0.25) is 16.0 Å². The molecule has 1 spiro atoms. The Balaban J connectivity index is 1.62. The summed E-state index contributed by atoms with van der Waals surface area (Å²) in [4.78, 5) is 8.28. The van der Waals surface area contributed by atoms with E-state index in [4.69, 9.17) is 4.74 Å². The monoisotopic (exact) mass is 312 g/mol. The predicted molar refractivity (Wildman–Crippen MR) is 78.4 cm³/mol. The molecule has 2 unspecified atom stereocenters. The van der Waals surface area contributed by atoms with Gasteiger partial charge in [0.1, 0.15) is 0 Å². The van der Waals surface area contributed by atoms with E-state index in [1.54, 1.807) is 29.7 Å². The molecule has 0 saturated carbocycles. The van der Waals surface area contributed by atoms with Gasteiger partial charge in [-0.15, -0.1) is 0 Å². The molecule has 3 rings (SSSR count). The summed E-state index contributed by atoms with van der Waals surface area (Å²) in [5.74, 6) is 0.724. The summed E-state index contributed by atoms with van der Waals surface area (Å²) in [6.45, 7) is 3.23. The highest BCUT2D eigenvalue weighted by Crippen LogP contribution is 2.36. The second kappa shape index (κ2) is 5.51. The summed E-state index contributed by atoms with van der Waals surface area (Å²) in [5.41, 5.74) is -0.352. The molecule has 0 radical (unpaired) electrons. The average molecular weight is 312 g/mol. The highest BCUT2D eigenvalue weighted by molar-refractivity contribution is 7.89. The lowest BCUT2D eigenvalue weighted by Gasteiger charge is -2.23. The summed E-state index contributed by atoms with van der Waals surface area (Å²) in [5, 5.41) is 3.24. The first-order chi connectivity index (χ1) is 10.0. The van der Waals surface area contributed by atoms with Crippen LogP contribution in [0.1, 0.15) is 19.8 Å². The number of hydrogen-bond acceptors (Lipinski definition) is 6. The normalized spacial score (nSPS) is 30.0. The van der Waals surface area contributed by atoms with Crippen LogP contribution in [0.5, 0.6) is 0 Å². The highest BCUT2D eigenvalue weighted by atomic mass is 32.2. The Labute approximate surface area is 124 Å². The van der Waals surface area contributed by atoms with Crippen LogP contribution in [0, 0.1) is 0 Å². The molecule has 21 heavy (non-hydrogen) atoms. The van der Waals surface area contributed by atoms with Gasteiger partial charge in [0, 0.05) is 31.9 Å². The van der Waals surface area contributed by atoms with Crippen molar-refractivity contribution < 1.29 is 13.2 Å². The minimum Gasteiger partial charge on any atom is -0.371 e. The van der Waals surface area contributed by atoms with Crippen molar-refractivity contribution in [3.05, 3.63) is 18.5 Å². The Morgan fingerprint density at radius 3 is 2.95 bits per heavy atom. The first-order valence-electron chi connectivity index (χ1n) is 7.18. The Morgan fingerprint density at radius 1 is 1.48 bits per heavy atom. The molecule has 2 aliphatic rings. The van der Waals surface area contributed by atoms with Gasteiger partial charge in [-0.2, -0.15) is 4.31 Å². The van der Waals surface area contributed by atoms with Gasteiger partial charge in [-0.25, -0.2) is 18.4 Å². The molecule has 2 aliphatic heterocycles. The summed E-state index contributed by atoms with van der Waals surface area (Å²) in [6, 6.07) is 1.89. The molecular weight excluding hydrogens is 292 g/mol. The van der Waals surface area contributed by atoms with Crippen molar-refractivity contribution >= 4 is 16.0 Å². The fraction of sp³-hybridized carbons (Fsp3) is 0.692. The van der Waals surface area contributed by atoms with E-state index in [0.29, 0.717) is 25.6 Å². The smallest absolute Gasteiger partial charge is 0.222 e. The number of rotatable bonds is 4. The van der Waals surface area contributed by atoms with Crippen LogP contribution in [0.2, 0.25) is 0 Å². The molecule has 0 amide bonds. The zero-order valence-corrected chi connectivity index (χ0v) is 12.8. The van der Waals surface area contributed by atoms with Crippen LogP contribution in [-0.4, -0.2) is 59.8 Å². The van der Waals surface area contributed by atoms with Gasteiger partial charge in [-0.1, -0.05) is 0 Å². The zero-order chi connectivity index (χ0) is 14.9. The Bertz CT molecular complexity index is 595. The first kappa shape index (κ1) is 14.7. The minimum absolute atomic E-state index is 0.122. The van der Waals surface area contributed by atoms with E-state index in [1.165, 1.54) is 0 Å². The van der Waals surface area contributed by atoms with E-state index < -0.39 is 10.0 Å². The van der Waals surface area contributed by atoms with Crippen molar-refractivity contribution in [2.75, 3.05) is 30.8 Å². The summed E-state index contributed by atoms with van der Waals surface area (Å²) in [6.07, 6.45) is 4.90. The Morgan fingerprint density at radius 2 is 2.24 bits per heavy atom. The van der Waals surface area contributed by atoms with Crippen LogP contribution in [0.4, 0.5) is 5.95 Å². The van der Waals surface area contributed by atoms with Gasteiger partial charge in [-0.3, -0.25) is 0 Å². The van der Waals surface area contributed by atoms with Gasteiger partial charge >= 0.3 is 0 Å². The molecule has 0 bridgehead atoms. The molecular formula is C13H20N4O3S. The number of nitrogens with zero attached hydrogens (tertiary/aromatic N) is 3. The molecule has 2 atom stereocenters. The number of hydrogen-bond donors (Lipinski definition) is 1. The quantitative estimate of drug-likeness (QED) is 0.870. The molecule has 7 nitrogen and oxygen atoms in total. The molecule has 1 aromatic heterocycles. The molecule has 2 fully saturated rings. The maximum Gasteiger partial charge on any atom is 0.222 e. The van der Waals surface area contributed by atoms with Crippen LogP contribution in [0.15, 0.2) is 18.5 Å². The average Bonchev–Trinajstić information content (AvgIpc) is 3.08. The molecule has 0 aromatic carbocycles. The Hall–Kier alpha value is -1.25. The molecule has 2 saturated heterocycles. The van der Waals surface area contributed by atoms with Crippen molar-refractivity contribution in [2.45, 2.75) is 31.4 Å². The highest BCUT2D eigenvalue weighted by Gasteiger charge is 2.48. The third kappa shape index (κ3) is 3.02. The fourth-order valence-corrected chi connectivity index (χ4v) is 4.17. The number of nitrogens with one attached hydrogen (secondary N) is 1. The number of sulfonamides is 1. The second-order valence-electron chi connectivity index (χ2n) is 5.60. The van der Waals surface area contributed by atoms with Crippen LogP contribution in [0.3, 0.4) is 0 Å². The third-order valence-electron chi connectivity index (χ3n) is 4.15. The van der Waals surface area contributed by atoms with Gasteiger partial charge in [-0.05, 0) is 19.4 Å². The van der Waals surface area contributed by atoms with Gasteiger partial charge in [0.05, 0.1) is 24.0 Å². The SMILES string of the molecule is CCS(=O)(=O)N1CCC2(CC(Nc3ncccn3)CO2)C1. The molecule has 1 N–H and O–H groups in total. The fourth-order valence-electron chi connectivity index (χ4n) is 3.01. The topological polar surface area (TPSA) is 84.4 Å². The number of ether oxygens (including phenoxy) is 1. The first-order valence-corrected chi connectivity index (χ1v) is 8.79. The van der Waals surface area contributed by atoms with E-state index in [0.717, 1.165) is 12.8 Å². The lowest BCUT2D eigenvalue weighted by molar-refractivity contribution is 0.0173. The van der Waals surface area contributed by atoms with Gasteiger partial charge in [0.15, 0.2) is 0 Å². The van der Waals surface area contributed by atoms with E-state index in [9.17, 15) is 8.42 Å². The van der Waals surface area contributed by atoms with Crippen LogP contribution < -0.4 is 5.32 Å². The summed E-state index contributed by atoms with van der Waals surface area (Å²) in [7, 11) is -3.13. The van der Waals surface area contributed by atoms with Crippen molar-refractivity contribution in [2.24, 2.45) is 0 Å². The zero-order valence-electron chi connectivity index (χ0n) is 12.0. The van der Waals surface area contributed by atoms with E-state index in [1.807, 2.05) is 0 Å². The van der Waals surface area contributed by atoms with E-state index >= 15 is 0 Å². The molecule has 8 heteroatoms. The van der Waals surface area contributed by atoms with E-state index in [-0.39, 0.29) is 17.4 Å². The van der Waals surface area contributed by atoms with Crippen LogP contribution >= 0.6 is 0 Å². The van der Waals surface area contributed by atoms with Crippen molar-refractivity contribution in [1.82, 2.24) is 14.3 Å². The third-order valence-corrected chi connectivity index (χ3v) is 5.98. The number of aromatic nitrogens is 2. The molecule has 0 aliphatic carbocycles. The van der Waals surface area contributed by atoms with Crippen LogP contribution in [0.25, 0.3) is 0 Å². The number of anilines is 1. The van der Waals surface area contributed by atoms with Gasteiger partial charge < -0.3 is 10.1 Å². The molecule has 3 heterocycles. The van der Waals surface area contributed by atoms with Crippen LogP contribution in [-0.2, 0) is 14.8 Å². The lowest BCUT2D eigenvalue weighted by Crippen LogP contribution is -2.37. The standard InChI is InChI=1S/C13H20N4O3S/c1-2-21(18,19)17-7-4-13(10-17)8-11(9-20-13)16-12-14-5-3-6-15-12/h3,5-6,11H,2,4,7-10H2,1H3,(H,14,15,16). The maximum atomic E-state index is 11.9. The second-order valence-corrected chi connectivity index (χ2v) is 7.85.